The zero-order valence-corrected chi connectivity index (χ0v) is 14.6. The topological polar surface area (TPSA) is 32.8 Å². The molecule has 1 saturated heterocycles. The van der Waals surface area contributed by atoms with Crippen LogP contribution < -0.4 is 4.74 Å². The lowest BCUT2D eigenvalue weighted by Crippen LogP contribution is -2.61. The second-order valence-corrected chi connectivity index (χ2v) is 7.53. The summed E-state index contributed by atoms with van der Waals surface area (Å²) in [5.41, 5.74) is 1.75. The van der Waals surface area contributed by atoms with Gasteiger partial charge in [0, 0.05) is 42.7 Å². The van der Waals surface area contributed by atoms with Crippen molar-refractivity contribution in [3.05, 3.63) is 51.7 Å². The first-order chi connectivity index (χ1) is 12.4. The Morgan fingerprint density at radius 1 is 1.15 bits per heavy atom. The predicted octanol–water partition coefficient (Wildman–Crippen LogP) is 3.53. The number of hydrogen-bond donors (Lipinski definition) is 0. The minimum Gasteiger partial charge on any atom is -0.406 e. The van der Waals surface area contributed by atoms with Crippen molar-refractivity contribution in [3.63, 3.8) is 0 Å². The normalized spacial score (nSPS) is 18.3. The maximum absolute atomic E-state index is 12.5. The molecule has 2 aromatic rings. The fourth-order valence-electron chi connectivity index (χ4n) is 3.42. The van der Waals surface area contributed by atoms with E-state index in [0.29, 0.717) is 24.7 Å². The molecular formula is C18H17F3N2O2S. The smallest absolute Gasteiger partial charge is 0.406 e. The van der Waals surface area contributed by atoms with Crippen LogP contribution in [0.1, 0.15) is 20.8 Å². The van der Waals surface area contributed by atoms with E-state index in [0.717, 1.165) is 19.5 Å². The second kappa shape index (κ2) is 6.59. The summed E-state index contributed by atoms with van der Waals surface area (Å²) < 4.78 is 40.4. The van der Waals surface area contributed by atoms with E-state index in [2.05, 4.69) is 21.1 Å². The molecule has 26 heavy (non-hydrogen) atoms. The molecule has 0 atom stereocenters. The molecule has 2 aliphatic heterocycles. The van der Waals surface area contributed by atoms with E-state index in [1.165, 1.54) is 34.7 Å². The van der Waals surface area contributed by atoms with Crippen molar-refractivity contribution in [2.24, 2.45) is 0 Å². The molecule has 1 amide bonds. The molecule has 138 valence electrons. The van der Waals surface area contributed by atoms with Gasteiger partial charge in [-0.2, -0.15) is 0 Å². The van der Waals surface area contributed by atoms with Gasteiger partial charge in [-0.3, -0.25) is 9.69 Å². The summed E-state index contributed by atoms with van der Waals surface area (Å²) in [5, 5.41) is 2.12. The lowest BCUT2D eigenvalue weighted by molar-refractivity contribution is -0.274. The number of benzene rings is 1. The van der Waals surface area contributed by atoms with Crippen LogP contribution in [-0.2, 0) is 13.0 Å². The van der Waals surface area contributed by atoms with Crippen molar-refractivity contribution in [1.29, 1.82) is 0 Å². The summed E-state index contributed by atoms with van der Waals surface area (Å²) in [6, 6.07) is 7.59. The summed E-state index contributed by atoms with van der Waals surface area (Å²) in [7, 11) is 0. The first kappa shape index (κ1) is 17.4. The van der Waals surface area contributed by atoms with E-state index >= 15 is 0 Å². The maximum Gasteiger partial charge on any atom is 0.573 e. The molecule has 0 N–H and O–H groups in total. The molecule has 0 radical (unpaired) electrons. The van der Waals surface area contributed by atoms with Gasteiger partial charge >= 0.3 is 6.36 Å². The highest BCUT2D eigenvalue weighted by atomic mass is 32.1. The van der Waals surface area contributed by atoms with E-state index in [1.54, 1.807) is 16.2 Å². The molecule has 0 bridgehead atoms. The number of rotatable bonds is 3. The monoisotopic (exact) mass is 382 g/mol. The number of fused-ring (bicyclic) bond motifs is 1. The van der Waals surface area contributed by atoms with Gasteiger partial charge in [-0.1, -0.05) is 0 Å². The van der Waals surface area contributed by atoms with Crippen LogP contribution in [0.25, 0.3) is 0 Å². The Labute approximate surface area is 152 Å². The summed E-state index contributed by atoms with van der Waals surface area (Å²) in [4.78, 5) is 18.0. The number of carbonyl (C=O) groups excluding carboxylic acids is 1. The molecule has 1 aromatic heterocycles. The molecule has 0 saturated carbocycles. The number of hydrogen-bond acceptors (Lipinski definition) is 4. The zero-order chi connectivity index (χ0) is 18.3. The average Bonchev–Trinajstić information content (AvgIpc) is 3.00. The highest BCUT2D eigenvalue weighted by Crippen LogP contribution is 2.28. The molecular weight excluding hydrogens is 365 g/mol. The Morgan fingerprint density at radius 3 is 2.58 bits per heavy atom. The Balaban J connectivity index is 1.32. The number of amides is 1. The highest BCUT2D eigenvalue weighted by Gasteiger charge is 2.36. The molecule has 2 aliphatic rings. The van der Waals surface area contributed by atoms with Crippen LogP contribution in [0, 0.1) is 0 Å². The van der Waals surface area contributed by atoms with E-state index in [1.807, 2.05) is 0 Å². The third-order valence-electron chi connectivity index (χ3n) is 4.84. The van der Waals surface area contributed by atoms with E-state index in [-0.39, 0.29) is 11.7 Å². The van der Waals surface area contributed by atoms with Crippen molar-refractivity contribution in [1.82, 2.24) is 9.80 Å². The fraction of sp³-hybridized carbons (Fsp3) is 0.389. The van der Waals surface area contributed by atoms with Crippen LogP contribution in [0.3, 0.4) is 0 Å². The minimum atomic E-state index is -4.73. The molecule has 8 heteroatoms. The maximum atomic E-state index is 12.5. The van der Waals surface area contributed by atoms with Crippen LogP contribution >= 0.6 is 11.3 Å². The molecule has 4 nitrogen and oxygen atoms in total. The molecule has 1 fully saturated rings. The van der Waals surface area contributed by atoms with Gasteiger partial charge in [0.25, 0.3) is 5.91 Å². The third-order valence-corrected chi connectivity index (χ3v) is 5.86. The van der Waals surface area contributed by atoms with Crippen molar-refractivity contribution >= 4 is 17.2 Å². The molecule has 0 unspecified atom stereocenters. The number of likely N-dealkylation sites (tertiary alicyclic amines) is 1. The lowest BCUT2D eigenvalue weighted by atomic mass is 10.0. The number of ether oxygens (including phenoxy) is 1. The van der Waals surface area contributed by atoms with Crippen molar-refractivity contribution < 1.29 is 22.7 Å². The van der Waals surface area contributed by atoms with Gasteiger partial charge in [-0.15, -0.1) is 24.5 Å². The predicted molar refractivity (Wildman–Crippen MR) is 91.2 cm³/mol. The van der Waals surface area contributed by atoms with Crippen LogP contribution in [0.2, 0.25) is 0 Å². The first-order valence-electron chi connectivity index (χ1n) is 8.33. The third kappa shape index (κ3) is 3.57. The van der Waals surface area contributed by atoms with Crippen LogP contribution in [-0.4, -0.2) is 47.7 Å². The molecule has 0 aliphatic carbocycles. The van der Waals surface area contributed by atoms with Gasteiger partial charge < -0.3 is 9.64 Å². The van der Waals surface area contributed by atoms with Gasteiger partial charge in [-0.05, 0) is 47.7 Å². The molecule has 0 spiro atoms. The number of halogens is 3. The van der Waals surface area contributed by atoms with Gasteiger partial charge in [0.05, 0.1) is 0 Å². The number of thiophene rings is 1. The highest BCUT2D eigenvalue weighted by molar-refractivity contribution is 7.10. The van der Waals surface area contributed by atoms with Gasteiger partial charge in [0.2, 0.25) is 0 Å². The largest absolute Gasteiger partial charge is 0.573 e. The lowest BCUT2D eigenvalue weighted by Gasteiger charge is -2.46. The van der Waals surface area contributed by atoms with Crippen molar-refractivity contribution in [3.8, 4) is 5.75 Å². The molecule has 3 heterocycles. The second-order valence-electron chi connectivity index (χ2n) is 6.53. The summed E-state index contributed by atoms with van der Waals surface area (Å²) in [5.74, 6) is -0.483. The van der Waals surface area contributed by atoms with Crippen LogP contribution in [0.4, 0.5) is 13.2 Å². The van der Waals surface area contributed by atoms with Crippen molar-refractivity contribution in [2.75, 3.05) is 19.6 Å². The Morgan fingerprint density at radius 2 is 1.88 bits per heavy atom. The van der Waals surface area contributed by atoms with Crippen molar-refractivity contribution in [2.45, 2.75) is 25.4 Å². The zero-order valence-electron chi connectivity index (χ0n) is 13.8. The molecule has 4 rings (SSSR count). The standard InChI is InChI=1S/C18H17F3N2O2S/c19-18(20,21)25-15-3-1-12(2-4-15)17(24)23-10-14(11-23)22-7-5-16-13(9-22)6-8-26-16/h1-4,6,8,14H,5,7,9-11H2. The van der Waals surface area contributed by atoms with Gasteiger partial charge in [0.1, 0.15) is 5.75 Å². The number of nitrogens with zero attached hydrogens (tertiary/aromatic N) is 2. The van der Waals surface area contributed by atoms with Crippen LogP contribution in [0.5, 0.6) is 5.75 Å². The molecule has 1 aromatic carbocycles. The Bertz CT molecular complexity index is 798. The van der Waals surface area contributed by atoms with E-state index in [9.17, 15) is 18.0 Å². The van der Waals surface area contributed by atoms with Crippen LogP contribution in [0.15, 0.2) is 35.7 Å². The Hall–Kier alpha value is -2.06. The minimum absolute atomic E-state index is 0.159. The van der Waals surface area contributed by atoms with E-state index < -0.39 is 6.36 Å². The SMILES string of the molecule is O=C(c1ccc(OC(F)(F)F)cc1)N1CC(N2CCc3sccc3C2)C1. The fourth-order valence-corrected chi connectivity index (χ4v) is 4.31. The van der Waals surface area contributed by atoms with E-state index in [4.69, 9.17) is 0 Å². The number of alkyl halides is 3. The van der Waals surface area contributed by atoms with Gasteiger partial charge in [-0.25, -0.2) is 0 Å². The summed E-state index contributed by atoms with van der Waals surface area (Å²) in [6.07, 6.45) is -3.68. The summed E-state index contributed by atoms with van der Waals surface area (Å²) >= 11 is 1.80. The van der Waals surface area contributed by atoms with Gasteiger partial charge in [0.15, 0.2) is 0 Å². The average molecular weight is 382 g/mol. The quantitative estimate of drug-likeness (QED) is 0.814. The summed E-state index contributed by atoms with van der Waals surface area (Å²) in [6.45, 7) is 3.23. The Kier molecular flexibility index (Phi) is 4.40. The first-order valence-corrected chi connectivity index (χ1v) is 9.21. The number of carbonyl (C=O) groups is 1.